The quantitative estimate of drug-likeness (QED) is 0.837. The number of hydrogen-bond donors (Lipinski definition) is 0. The number of benzene rings is 2. The van der Waals surface area contributed by atoms with Gasteiger partial charge < -0.3 is 0 Å². The molecule has 2 aromatic rings. The Morgan fingerprint density at radius 1 is 1.10 bits per heavy atom. The van der Waals surface area contributed by atoms with Crippen molar-refractivity contribution in [2.75, 3.05) is 11.4 Å². The Bertz CT molecular complexity index is 696. The lowest BCUT2D eigenvalue weighted by Gasteiger charge is -2.20. The van der Waals surface area contributed by atoms with E-state index in [1.807, 2.05) is 24.3 Å². The predicted octanol–water partition coefficient (Wildman–Crippen LogP) is 3.84. The standard InChI is InChI=1S/C15H16BrNO2S/c1-3-12-7-9-14(10-8-12)17(2)20(18,19)15-6-4-5-13(16)11-15/h4-11H,3H2,1-2H3. The van der Waals surface area contributed by atoms with Gasteiger partial charge in [0, 0.05) is 11.5 Å². The maximum absolute atomic E-state index is 12.5. The number of nitrogens with zero attached hydrogens (tertiary/aromatic N) is 1. The van der Waals surface area contributed by atoms with Crippen LogP contribution < -0.4 is 4.31 Å². The van der Waals surface area contributed by atoms with Crippen LogP contribution in [-0.2, 0) is 16.4 Å². The van der Waals surface area contributed by atoms with Gasteiger partial charge in [-0.1, -0.05) is 41.1 Å². The summed E-state index contributed by atoms with van der Waals surface area (Å²) in [5.41, 5.74) is 1.84. The largest absolute Gasteiger partial charge is 0.269 e. The second-order valence-corrected chi connectivity index (χ2v) is 7.33. The van der Waals surface area contributed by atoms with E-state index < -0.39 is 10.0 Å². The lowest BCUT2D eigenvalue weighted by Crippen LogP contribution is -2.26. The average Bonchev–Trinajstić information content (AvgIpc) is 2.46. The highest BCUT2D eigenvalue weighted by molar-refractivity contribution is 9.10. The summed E-state index contributed by atoms with van der Waals surface area (Å²) in [6.45, 7) is 2.07. The fraction of sp³-hybridized carbons (Fsp3) is 0.200. The van der Waals surface area contributed by atoms with Crippen molar-refractivity contribution in [2.24, 2.45) is 0 Å². The maximum atomic E-state index is 12.5. The van der Waals surface area contributed by atoms with Crippen molar-refractivity contribution < 1.29 is 8.42 Å². The molecule has 0 fully saturated rings. The fourth-order valence-corrected chi connectivity index (χ4v) is 3.66. The smallest absolute Gasteiger partial charge is 0.264 e. The lowest BCUT2D eigenvalue weighted by atomic mass is 10.1. The third-order valence-electron chi connectivity index (χ3n) is 3.16. The van der Waals surface area contributed by atoms with Crippen LogP contribution in [0, 0.1) is 0 Å². The SMILES string of the molecule is CCc1ccc(N(C)S(=O)(=O)c2cccc(Br)c2)cc1. The second kappa shape index (κ2) is 5.97. The van der Waals surface area contributed by atoms with Crippen LogP contribution in [0.5, 0.6) is 0 Å². The first-order chi connectivity index (χ1) is 9.45. The van der Waals surface area contributed by atoms with Crippen LogP contribution in [-0.4, -0.2) is 15.5 Å². The minimum Gasteiger partial charge on any atom is -0.269 e. The summed E-state index contributed by atoms with van der Waals surface area (Å²) in [4.78, 5) is 0.272. The van der Waals surface area contributed by atoms with Gasteiger partial charge in [0.15, 0.2) is 0 Å². The highest BCUT2D eigenvalue weighted by Gasteiger charge is 2.21. The fourth-order valence-electron chi connectivity index (χ4n) is 1.87. The van der Waals surface area contributed by atoms with Crippen molar-refractivity contribution >= 4 is 31.6 Å². The molecule has 0 heterocycles. The number of aryl methyl sites for hydroxylation is 1. The molecule has 0 aliphatic heterocycles. The highest BCUT2D eigenvalue weighted by Crippen LogP contribution is 2.24. The van der Waals surface area contributed by atoms with Crippen molar-refractivity contribution in [1.82, 2.24) is 0 Å². The van der Waals surface area contributed by atoms with E-state index in [1.165, 1.54) is 9.87 Å². The van der Waals surface area contributed by atoms with E-state index in [2.05, 4.69) is 22.9 Å². The van der Waals surface area contributed by atoms with Crippen LogP contribution in [0.1, 0.15) is 12.5 Å². The van der Waals surface area contributed by atoms with Gasteiger partial charge in [0.25, 0.3) is 10.0 Å². The molecule has 2 rings (SSSR count). The Balaban J connectivity index is 2.37. The molecule has 0 saturated carbocycles. The molecule has 20 heavy (non-hydrogen) atoms. The number of halogens is 1. The summed E-state index contributed by atoms with van der Waals surface area (Å²) in [5.74, 6) is 0. The van der Waals surface area contributed by atoms with Crippen LogP contribution in [0.2, 0.25) is 0 Å². The molecule has 3 nitrogen and oxygen atoms in total. The molecule has 0 aliphatic rings. The number of sulfonamides is 1. The van der Waals surface area contributed by atoms with Crippen LogP contribution in [0.15, 0.2) is 57.9 Å². The van der Waals surface area contributed by atoms with Gasteiger partial charge in [0.05, 0.1) is 10.6 Å². The molecule has 0 aliphatic carbocycles. The summed E-state index contributed by atoms with van der Waals surface area (Å²) < 4.78 is 27.1. The molecule has 0 N–H and O–H groups in total. The molecule has 0 bridgehead atoms. The van der Waals surface area contributed by atoms with Crippen molar-refractivity contribution in [2.45, 2.75) is 18.2 Å². The van der Waals surface area contributed by atoms with E-state index in [-0.39, 0.29) is 4.90 Å². The van der Waals surface area contributed by atoms with E-state index in [0.29, 0.717) is 5.69 Å². The third-order valence-corrected chi connectivity index (χ3v) is 5.44. The molecule has 106 valence electrons. The highest BCUT2D eigenvalue weighted by atomic mass is 79.9. The van der Waals surface area contributed by atoms with Gasteiger partial charge in [0.2, 0.25) is 0 Å². The van der Waals surface area contributed by atoms with Gasteiger partial charge in [-0.05, 0) is 42.3 Å². The number of hydrogen-bond acceptors (Lipinski definition) is 2. The zero-order valence-corrected chi connectivity index (χ0v) is 13.8. The lowest BCUT2D eigenvalue weighted by molar-refractivity contribution is 0.594. The van der Waals surface area contributed by atoms with Crippen LogP contribution in [0.4, 0.5) is 5.69 Å². The van der Waals surface area contributed by atoms with E-state index in [0.717, 1.165) is 10.9 Å². The zero-order valence-electron chi connectivity index (χ0n) is 11.4. The Morgan fingerprint density at radius 3 is 2.30 bits per heavy atom. The molecule has 0 spiro atoms. The first-order valence-corrected chi connectivity index (χ1v) is 8.52. The third kappa shape index (κ3) is 3.04. The molecule has 2 aromatic carbocycles. The first kappa shape index (κ1) is 15.1. The van der Waals surface area contributed by atoms with E-state index in [4.69, 9.17) is 0 Å². The van der Waals surface area contributed by atoms with E-state index in [1.54, 1.807) is 31.3 Å². The molecule has 5 heteroatoms. The van der Waals surface area contributed by atoms with Gasteiger partial charge in [-0.15, -0.1) is 0 Å². The van der Waals surface area contributed by atoms with Gasteiger partial charge in [-0.2, -0.15) is 0 Å². The first-order valence-electron chi connectivity index (χ1n) is 6.28. The molecular formula is C15H16BrNO2S. The summed E-state index contributed by atoms with van der Waals surface area (Å²) in [6, 6.07) is 14.3. The van der Waals surface area contributed by atoms with Crippen molar-refractivity contribution in [3.8, 4) is 0 Å². The Kier molecular flexibility index (Phi) is 4.50. The molecule has 0 unspecified atom stereocenters. The van der Waals surface area contributed by atoms with Crippen LogP contribution in [0.3, 0.4) is 0 Å². The normalized spacial score (nSPS) is 11.3. The number of anilines is 1. The maximum Gasteiger partial charge on any atom is 0.264 e. The molecule has 0 saturated heterocycles. The summed E-state index contributed by atoms with van der Waals surface area (Å²) >= 11 is 3.30. The Hall–Kier alpha value is -1.33. The minimum atomic E-state index is -3.53. The van der Waals surface area contributed by atoms with Crippen LogP contribution >= 0.6 is 15.9 Å². The second-order valence-electron chi connectivity index (χ2n) is 4.45. The topological polar surface area (TPSA) is 37.4 Å². The molecule has 0 atom stereocenters. The summed E-state index contributed by atoms with van der Waals surface area (Å²) in [5, 5.41) is 0. The van der Waals surface area contributed by atoms with Gasteiger partial charge in [0.1, 0.15) is 0 Å². The van der Waals surface area contributed by atoms with E-state index >= 15 is 0 Å². The van der Waals surface area contributed by atoms with Gasteiger partial charge >= 0.3 is 0 Å². The summed E-state index contributed by atoms with van der Waals surface area (Å²) in [7, 11) is -1.96. The Morgan fingerprint density at radius 2 is 1.75 bits per heavy atom. The number of rotatable bonds is 4. The Labute approximate surface area is 128 Å². The van der Waals surface area contributed by atoms with Gasteiger partial charge in [-0.25, -0.2) is 8.42 Å². The molecule has 0 amide bonds. The van der Waals surface area contributed by atoms with Crippen LogP contribution in [0.25, 0.3) is 0 Å². The van der Waals surface area contributed by atoms with Crippen molar-refractivity contribution in [3.63, 3.8) is 0 Å². The monoisotopic (exact) mass is 353 g/mol. The zero-order chi connectivity index (χ0) is 14.8. The van der Waals surface area contributed by atoms with E-state index in [9.17, 15) is 8.42 Å². The molecular weight excluding hydrogens is 338 g/mol. The van der Waals surface area contributed by atoms with Crippen molar-refractivity contribution in [3.05, 3.63) is 58.6 Å². The molecule has 0 radical (unpaired) electrons. The average molecular weight is 354 g/mol. The van der Waals surface area contributed by atoms with Crippen molar-refractivity contribution in [1.29, 1.82) is 0 Å². The summed E-state index contributed by atoms with van der Waals surface area (Å²) in [6.07, 6.45) is 0.933. The minimum absolute atomic E-state index is 0.272. The van der Waals surface area contributed by atoms with Gasteiger partial charge in [-0.3, -0.25) is 4.31 Å². The predicted molar refractivity (Wildman–Crippen MR) is 85.6 cm³/mol. The molecule has 0 aromatic heterocycles.